The zero-order valence-electron chi connectivity index (χ0n) is 20.4. The summed E-state index contributed by atoms with van der Waals surface area (Å²) in [6.45, 7) is 0. The second-order valence-corrected chi connectivity index (χ2v) is 9.08. The van der Waals surface area contributed by atoms with Crippen LogP contribution in [0.15, 0.2) is 72.8 Å². The van der Waals surface area contributed by atoms with Crippen molar-refractivity contribution in [1.82, 2.24) is 9.97 Å². The summed E-state index contributed by atoms with van der Waals surface area (Å²) < 4.78 is 163. The van der Waals surface area contributed by atoms with E-state index in [0.29, 0.717) is 24.3 Å². The Morgan fingerprint density at radius 2 is 0.571 bits per heavy atom. The summed E-state index contributed by atoms with van der Waals surface area (Å²) in [5, 5.41) is -0.120. The van der Waals surface area contributed by atoms with Crippen LogP contribution in [0, 0.1) is 0 Å². The van der Waals surface area contributed by atoms with Gasteiger partial charge in [0.25, 0.3) is 0 Å². The van der Waals surface area contributed by atoms with Gasteiger partial charge < -0.3 is 0 Å². The Morgan fingerprint density at radius 3 is 0.762 bits per heavy atom. The first-order valence-electron chi connectivity index (χ1n) is 11.6. The number of nitrogens with zero attached hydrogens (tertiary/aromatic N) is 2. The Bertz CT molecular complexity index is 1580. The van der Waals surface area contributed by atoms with Crippen molar-refractivity contribution >= 4 is 21.5 Å². The molecule has 5 rings (SSSR count). The van der Waals surface area contributed by atoms with Crippen LogP contribution < -0.4 is 0 Å². The first-order chi connectivity index (χ1) is 19.4. The van der Waals surface area contributed by atoms with E-state index in [9.17, 15) is 52.7 Å². The molecule has 0 aliphatic heterocycles. The fraction of sp³-hybridized carbons (Fsp3) is 0.143. The first kappa shape index (κ1) is 29.1. The molecule has 3 aromatic carbocycles. The summed E-state index contributed by atoms with van der Waals surface area (Å²) in [6.07, 6.45) is -21.1. The molecule has 0 radical (unpaired) electrons. The SMILES string of the molecule is FC(F)(F)c1cc(-c2c3ccccc3c(-c3cc(C(F)(F)F)nc(C(F)(F)F)c3)c3ccccc23)cc(C(F)(F)F)n1. The highest BCUT2D eigenvalue weighted by Crippen LogP contribution is 2.47. The summed E-state index contributed by atoms with van der Waals surface area (Å²) in [5.74, 6) is 0. The molecule has 2 nitrogen and oxygen atoms in total. The van der Waals surface area contributed by atoms with Crippen LogP contribution in [0.2, 0.25) is 0 Å². The third-order valence-electron chi connectivity index (χ3n) is 6.32. The molecule has 14 heteroatoms. The fourth-order valence-corrected chi connectivity index (χ4v) is 4.68. The van der Waals surface area contributed by atoms with Crippen LogP contribution >= 0.6 is 0 Å². The summed E-state index contributed by atoms with van der Waals surface area (Å²) in [4.78, 5) is 5.44. The first-order valence-corrected chi connectivity index (χ1v) is 11.6. The minimum absolute atomic E-state index is 0.0300. The van der Waals surface area contributed by atoms with Gasteiger partial charge in [-0.2, -0.15) is 52.7 Å². The molecule has 0 atom stereocenters. The van der Waals surface area contributed by atoms with E-state index >= 15 is 0 Å². The normalized spacial score (nSPS) is 13.2. The number of benzene rings is 3. The van der Waals surface area contributed by atoms with Crippen molar-refractivity contribution in [2.24, 2.45) is 0 Å². The third kappa shape index (κ3) is 5.32. The van der Waals surface area contributed by atoms with Gasteiger partial charge in [0.2, 0.25) is 0 Å². The molecule has 2 aromatic heterocycles. The van der Waals surface area contributed by atoms with E-state index in [1.165, 1.54) is 48.5 Å². The molecule has 42 heavy (non-hydrogen) atoms. The average molecular weight is 604 g/mol. The minimum Gasteiger partial charge on any atom is -0.239 e. The van der Waals surface area contributed by atoms with Crippen molar-refractivity contribution in [2.45, 2.75) is 24.7 Å². The Labute approximate surface area is 227 Å². The summed E-state index contributed by atoms with van der Waals surface area (Å²) in [6, 6.07) is 12.2. The zero-order valence-corrected chi connectivity index (χ0v) is 20.4. The van der Waals surface area contributed by atoms with Crippen LogP contribution in [0.25, 0.3) is 43.8 Å². The van der Waals surface area contributed by atoms with E-state index in [-0.39, 0.29) is 32.7 Å². The number of alkyl halides is 12. The molecular formula is C28H12F12N2. The molecule has 5 aromatic rings. The molecule has 0 aliphatic rings. The van der Waals surface area contributed by atoms with Crippen LogP contribution in [0.1, 0.15) is 22.8 Å². The van der Waals surface area contributed by atoms with Crippen molar-refractivity contribution in [3.63, 3.8) is 0 Å². The lowest BCUT2D eigenvalue weighted by molar-refractivity contribution is -0.151. The molecule has 0 saturated carbocycles. The quantitative estimate of drug-likeness (QED) is 0.148. The highest BCUT2D eigenvalue weighted by atomic mass is 19.4. The molecule has 0 saturated heterocycles. The maximum atomic E-state index is 13.6. The van der Waals surface area contributed by atoms with Crippen LogP contribution in [-0.2, 0) is 24.7 Å². The second kappa shape index (κ2) is 9.60. The fourth-order valence-electron chi connectivity index (χ4n) is 4.68. The number of hydrogen-bond acceptors (Lipinski definition) is 2. The number of rotatable bonds is 2. The van der Waals surface area contributed by atoms with Crippen molar-refractivity contribution in [3.8, 4) is 22.3 Å². The largest absolute Gasteiger partial charge is 0.433 e. The van der Waals surface area contributed by atoms with Crippen LogP contribution in [0.3, 0.4) is 0 Å². The van der Waals surface area contributed by atoms with Crippen molar-refractivity contribution < 1.29 is 52.7 Å². The molecule has 0 amide bonds. The monoisotopic (exact) mass is 604 g/mol. The standard InChI is InChI=1S/C28H12F12N2/c29-25(30,31)19-9-13(10-20(41-19)26(32,33)34)23-15-5-1-2-6-16(15)24(18-8-4-3-7-17(18)23)14-11-21(27(35,36)37)42-22(12-14)28(38,39)40/h1-12H. The van der Waals surface area contributed by atoms with Gasteiger partial charge in [-0.25, -0.2) is 9.97 Å². The predicted molar refractivity (Wildman–Crippen MR) is 128 cm³/mol. The zero-order chi connectivity index (χ0) is 30.8. The Kier molecular flexibility index (Phi) is 6.66. The molecule has 0 bridgehead atoms. The second-order valence-electron chi connectivity index (χ2n) is 9.08. The molecule has 2 heterocycles. The van der Waals surface area contributed by atoms with E-state index in [1.54, 1.807) is 0 Å². The van der Waals surface area contributed by atoms with Gasteiger partial charge in [-0.1, -0.05) is 48.5 Å². The lowest BCUT2D eigenvalue weighted by atomic mass is 9.85. The molecule has 0 N–H and O–H groups in total. The van der Waals surface area contributed by atoms with Crippen LogP contribution in [0.5, 0.6) is 0 Å². The summed E-state index contributed by atoms with van der Waals surface area (Å²) >= 11 is 0. The summed E-state index contributed by atoms with van der Waals surface area (Å²) in [5.41, 5.74) is -8.83. The van der Waals surface area contributed by atoms with Crippen molar-refractivity contribution in [2.75, 3.05) is 0 Å². The smallest absolute Gasteiger partial charge is 0.239 e. The van der Waals surface area contributed by atoms with Gasteiger partial charge >= 0.3 is 24.7 Å². The Balaban J connectivity index is 1.95. The van der Waals surface area contributed by atoms with E-state index in [4.69, 9.17) is 0 Å². The summed E-state index contributed by atoms with van der Waals surface area (Å²) in [7, 11) is 0. The lowest BCUT2D eigenvalue weighted by Gasteiger charge is -2.20. The number of aromatic nitrogens is 2. The van der Waals surface area contributed by atoms with E-state index in [0.717, 1.165) is 0 Å². The third-order valence-corrected chi connectivity index (χ3v) is 6.32. The van der Waals surface area contributed by atoms with Crippen LogP contribution in [-0.4, -0.2) is 9.97 Å². The van der Waals surface area contributed by atoms with Crippen molar-refractivity contribution in [1.29, 1.82) is 0 Å². The highest BCUT2D eigenvalue weighted by molar-refractivity contribution is 6.21. The average Bonchev–Trinajstić information content (AvgIpc) is 2.89. The molecule has 0 aliphatic carbocycles. The van der Waals surface area contributed by atoms with Gasteiger partial charge in [0, 0.05) is 0 Å². The molecule has 218 valence electrons. The van der Waals surface area contributed by atoms with Gasteiger partial charge in [-0.05, 0) is 68.1 Å². The van der Waals surface area contributed by atoms with E-state index < -0.39 is 58.6 Å². The van der Waals surface area contributed by atoms with Gasteiger partial charge in [0.1, 0.15) is 22.8 Å². The number of halogens is 12. The Morgan fingerprint density at radius 1 is 0.357 bits per heavy atom. The van der Waals surface area contributed by atoms with Crippen molar-refractivity contribution in [3.05, 3.63) is 95.6 Å². The Hall–Kier alpha value is -4.36. The van der Waals surface area contributed by atoms with Gasteiger partial charge in [-0.15, -0.1) is 0 Å². The molecule has 0 unspecified atom stereocenters. The number of fused-ring (bicyclic) bond motifs is 2. The van der Waals surface area contributed by atoms with Gasteiger partial charge in [0.05, 0.1) is 0 Å². The highest BCUT2D eigenvalue weighted by Gasteiger charge is 2.41. The molecule has 0 spiro atoms. The number of hydrogen-bond donors (Lipinski definition) is 0. The minimum atomic E-state index is -5.28. The number of pyridine rings is 2. The van der Waals surface area contributed by atoms with Gasteiger partial charge in [-0.3, -0.25) is 0 Å². The van der Waals surface area contributed by atoms with E-state index in [2.05, 4.69) is 9.97 Å². The lowest BCUT2D eigenvalue weighted by Crippen LogP contribution is -2.15. The molecular weight excluding hydrogens is 592 g/mol. The predicted octanol–water partition coefficient (Wildman–Crippen LogP) is 10.2. The maximum absolute atomic E-state index is 13.6. The van der Waals surface area contributed by atoms with Gasteiger partial charge in [0.15, 0.2) is 0 Å². The maximum Gasteiger partial charge on any atom is 0.433 e. The topological polar surface area (TPSA) is 25.8 Å². The molecule has 0 fully saturated rings. The van der Waals surface area contributed by atoms with E-state index in [1.807, 2.05) is 0 Å². The van der Waals surface area contributed by atoms with Crippen LogP contribution in [0.4, 0.5) is 52.7 Å².